The molecule has 3 aromatic heterocycles. The number of pyridine rings is 3. The highest BCUT2D eigenvalue weighted by Gasteiger charge is 2.30. The third-order valence-electron chi connectivity index (χ3n) is 5.90. The molecule has 0 aliphatic carbocycles. The fourth-order valence-electron chi connectivity index (χ4n) is 3.80. The van der Waals surface area contributed by atoms with E-state index in [2.05, 4.69) is 46.5 Å². The van der Waals surface area contributed by atoms with Crippen LogP contribution in [-0.4, -0.2) is 4.98 Å². The van der Waals surface area contributed by atoms with Gasteiger partial charge in [0.25, 0.3) is 0 Å². The molecule has 0 amide bonds. The van der Waals surface area contributed by atoms with Crippen LogP contribution in [0.4, 0.5) is 8.78 Å². The van der Waals surface area contributed by atoms with Crippen molar-refractivity contribution in [3.05, 3.63) is 65.2 Å². The minimum atomic E-state index is -0.796. The van der Waals surface area contributed by atoms with Crippen LogP contribution in [0.1, 0.15) is 58.2 Å². The molecule has 0 saturated carbocycles. The Balaban J connectivity index is 2.34. The predicted molar refractivity (Wildman–Crippen MR) is 120 cm³/mol. The van der Waals surface area contributed by atoms with Crippen LogP contribution in [0.25, 0.3) is 22.5 Å². The summed E-state index contributed by atoms with van der Waals surface area (Å²) < 4.78 is 33.9. The Morgan fingerprint density at radius 2 is 1.06 bits per heavy atom. The molecule has 0 saturated heterocycles. The Hall–Kier alpha value is -2.69. The minimum absolute atomic E-state index is 0.100. The Bertz CT molecular complexity index is 1070. The van der Waals surface area contributed by atoms with Crippen molar-refractivity contribution in [3.63, 3.8) is 0 Å². The zero-order valence-electron chi connectivity index (χ0n) is 20.1. The Labute approximate surface area is 184 Å². The van der Waals surface area contributed by atoms with Crippen molar-refractivity contribution in [2.75, 3.05) is 0 Å². The standard InChI is InChI=1S/C26H33F2N3/c1-16-21(19-14-17(25(2,3)4)10-12-30(19)8)23(27)29-24(28)22(16)20-15-18(26(5,6)7)11-13-31(20)9/h10-15H,1-9H3/q+2. The monoisotopic (exact) mass is 425 g/mol. The number of halogens is 2. The van der Waals surface area contributed by atoms with Crippen molar-refractivity contribution in [2.24, 2.45) is 14.1 Å². The van der Waals surface area contributed by atoms with Crippen molar-refractivity contribution in [3.8, 4) is 22.5 Å². The summed E-state index contributed by atoms with van der Waals surface area (Å²) in [4.78, 5) is 3.69. The molecule has 3 rings (SSSR count). The molecule has 0 spiro atoms. The average molecular weight is 426 g/mol. The van der Waals surface area contributed by atoms with E-state index in [-0.39, 0.29) is 10.8 Å². The Morgan fingerprint density at radius 3 is 1.39 bits per heavy atom. The summed E-state index contributed by atoms with van der Waals surface area (Å²) in [5.41, 5.74) is 4.48. The van der Waals surface area contributed by atoms with E-state index in [0.717, 1.165) is 11.1 Å². The molecule has 0 aliphatic rings. The fourth-order valence-corrected chi connectivity index (χ4v) is 3.80. The van der Waals surface area contributed by atoms with Gasteiger partial charge in [-0.15, -0.1) is 0 Å². The predicted octanol–water partition coefficient (Wildman–Crippen LogP) is 5.25. The smallest absolute Gasteiger partial charge is 0.201 e. The van der Waals surface area contributed by atoms with Gasteiger partial charge in [0, 0.05) is 24.3 Å². The molecule has 0 aliphatic heterocycles. The molecule has 0 aromatic carbocycles. The van der Waals surface area contributed by atoms with E-state index in [1.165, 1.54) is 0 Å². The Morgan fingerprint density at radius 1 is 0.710 bits per heavy atom. The minimum Gasteiger partial charge on any atom is -0.201 e. The lowest BCUT2D eigenvalue weighted by Crippen LogP contribution is -2.34. The van der Waals surface area contributed by atoms with Crippen molar-refractivity contribution < 1.29 is 17.9 Å². The highest BCUT2D eigenvalue weighted by molar-refractivity contribution is 5.73. The van der Waals surface area contributed by atoms with Crippen LogP contribution in [0.2, 0.25) is 0 Å². The summed E-state index contributed by atoms with van der Waals surface area (Å²) in [7, 11) is 3.73. The van der Waals surface area contributed by atoms with Crippen molar-refractivity contribution in [1.29, 1.82) is 0 Å². The maximum Gasteiger partial charge on any atom is 0.229 e. The molecular weight excluding hydrogens is 392 g/mol. The molecule has 3 heterocycles. The summed E-state index contributed by atoms with van der Waals surface area (Å²) in [5.74, 6) is -1.59. The van der Waals surface area contributed by atoms with Crippen LogP contribution in [-0.2, 0) is 24.9 Å². The van der Waals surface area contributed by atoms with E-state index >= 15 is 8.78 Å². The molecule has 0 atom stereocenters. The first-order valence-corrected chi connectivity index (χ1v) is 10.6. The first-order chi connectivity index (χ1) is 14.2. The summed E-state index contributed by atoms with van der Waals surface area (Å²) in [6, 6.07) is 8.00. The van der Waals surface area contributed by atoms with Crippen molar-refractivity contribution in [2.45, 2.75) is 59.3 Å². The van der Waals surface area contributed by atoms with E-state index in [0.29, 0.717) is 28.1 Å². The SMILES string of the molecule is Cc1c(-c2cc(C(C)(C)C)cc[n+]2C)c(F)nc(F)c1-c1cc(C(C)(C)C)cc[n+]1C. The lowest BCUT2D eigenvalue weighted by molar-refractivity contribution is -0.660. The maximum atomic E-state index is 15.1. The van der Waals surface area contributed by atoms with E-state index in [9.17, 15) is 0 Å². The second kappa shape index (κ2) is 7.77. The number of aromatic nitrogens is 3. The van der Waals surface area contributed by atoms with Crippen LogP contribution in [0.15, 0.2) is 36.7 Å². The lowest BCUT2D eigenvalue weighted by Gasteiger charge is -2.20. The topological polar surface area (TPSA) is 20.6 Å². The molecular formula is C26H33F2N3+2. The van der Waals surface area contributed by atoms with E-state index in [1.54, 1.807) is 6.92 Å². The first-order valence-electron chi connectivity index (χ1n) is 10.6. The molecule has 164 valence electrons. The number of aryl methyl sites for hydroxylation is 2. The molecule has 0 N–H and O–H groups in total. The number of hydrogen-bond donors (Lipinski definition) is 0. The number of rotatable bonds is 2. The lowest BCUT2D eigenvalue weighted by atomic mass is 9.85. The molecule has 3 nitrogen and oxygen atoms in total. The molecule has 0 bridgehead atoms. The van der Waals surface area contributed by atoms with Gasteiger partial charge in [0.2, 0.25) is 23.3 Å². The van der Waals surface area contributed by atoms with Gasteiger partial charge in [-0.3, -0.25) is 0 Å². The third-order valence-corrected chi connectivity index (χ3v) is 5.90. The zero-order chi connectivity index (χ0) is 23.3. The van der Waals surface area contributed by atoms with Crippen molar-refractivity contribution >= 4 is 0 Å². The number of hydrogen-bond acceptors (Lipinski definition) is 1. The average Bonchev–Trinajstić information content (AvgIpc) is 2.62. The summed E-state index contributed by atoms with van der Waals surface area (Å²) >= 11 is 0. The summed E-state index contributed by atoms with van der Waals surface area (Å²) in [6.07, 6.45) is 3.83. The van der Waals surface area contributed by atoms with Gasteiger partial charge in [-0.05, 0) is 34.4 Å². The first kappa shape index (κ1) is 23.0. The molecule has 5 heteroatoms. The second-order valence-corrected chi connectivity index (χ2v) is 10.4. The number of nitrogens with zero attached hydrogens (tertiary/aromatic N) is 3. The molecule has 3 aromatic rings. The van der Waals surface area contributed by atoms with Crippen LogP contribution in [0.3, 0.4) is 0 Å². The normalized spacial score (nSPS) is 12.4. The van der Waals surface area contributed by atoms with E-state index in [4.69, 9.17) is 0 Å². The zero-order valence-corrected chi connectivity index (χ0v) is 20.1. The third kappa shape index (κ3) is 4.36. The molecule has 0 radical (unpaired) electrons. The highest BCUT2D eigenvalue weighted by Crippen LogP contribution is 2.35. The molecule has 31 heavy (non-hydrogen) atoms. The van der Waals surface area contributed by atoms with Gasteiger partial charge in [0.05, 0.1) is 0 Å². The summed E-state index contributed by atoms with van der Waals surface area (Å²) in [5, 5.41) is 0. The van der Waals surface area contributed by atoms with Crippen LogP contribution in [0.5, 0.6) is 0 Å². The van der Waals surface area contributed by atoms with Gasteiger partial charge in [-0.2, -0.15) is 13.8 Å². The van der Waals surface area contributed by atoms with E-state index in [1.807, 2.05) is 59.9 Å². The molecule has 0 unspecified atom stereocenters. The van der Waals surface area contributed by atoms with Gasteiger partial charge in [0.1, 0.15) is 25.2 Å². The fraction of sp³-hybridized carbons (Fsp3) is 0.423. The van der Waals surface area contributed by atoms with Gasteiger partial charge in [-0.1, -0.05) is 41.5 Å². The van der Waals surface area contributed by atoms with Gasteiger partial charge in [-0.25, -0.2) is 9.13 Å². The van der Waals surface area contributed by atoms with Gasteiger partial charge >= 0.3 is 0 Å². The molecule has 0 fully saturated rings. The van der Waals surface area contributed by atoms with Crippen molar-refractivity contribution in [1.82, 2.24) is 4.98 Å². The quantitative estimate of drug-likeness (QED) is 0.406. The van der Waals surface area contributed by atoms with Crippen LogP contribution in [0, 0.1) is 18.8 Å². The maximum absolute atomic E-state index is 15.1. The largest absolute Gasteiger partial charge is 0.229 e. The Kier molecular flexibility index (Phi) is 5.76. The van der Waals surface area contributed by atoms with E-state index < -0.39 is 11.9 Å². The summed E-state index contributed by atoms with van der Waals surface area (Å²) in [6.45, 7) is 14.4. The van der Waals surface area contributed by atoms with Gasteiger partial charge in [0.15, 0.2) is 12.4 Å². The van der Waals surface area contributed by atoms with Crippen LogP contribution >= 0.6 is 0 Å². The second-order valence-electron chi connectivity index (χ2n) is 10.4. The van der Waals surface area contributed by atoms with Gasteiger partial charge < -0.3 is 0 Å². The highest BCUT2D eigenvalue weighted by atomic mass is 19.1. The van der Waals surface area contributed by atoms with Crippen LogP contribution < -0.4 is 9.13 Å².